The molecule has 1 heterocycles. The predicted molar refractivity (Wildman–Crippen MR) is 79.3 cm³/mol. The fourth-order valence-electron chi connectivity index (χ4n) is 1.72. The molecule has 6 nitrogen and oxygen atoms in total. The maximum atomic E-state index is 11.6. The minimum Gasteiger partial charge on any atom is -0.582 e. The van der Waals surface area contributed by atoms with Gasteiger partial charge in [0, 0.05) is 13.0 Å². The van der Waals surface area contributed by atoms with Crippen LogP contribution in [0.25, 0.3) is 11.0 Å². The van der Waals surface area contributed by atoms with Crippen LogP contribution in [-0.4, -0.2) is 25.2 Å². The van der Waals surface area contributed by atoms with E-state index in [4.69, 9.17) is 9.66 Å². The van der Waals surface area contributed by atoms with E-state index < -0.39 is 15.6 Å². The maximum absolute atomic E-state index is 11.6. The Hall–Kier alpha value is -1.15. The minimum absolute atomic E-state index is 0.0753. The van der Waals surface area contributed by atoms with Crippen molar-refractivity contribution in [2.45, 2.75) is 19.4 Å². The van der Waals surface area contributed by atoms with Crippen molar-refractivity contribution in [3.05, 3.63) is 34.7 Å². The van der Waals surface area contributed by atoms with E-state index in [9.17, 15) is 9.59 Å². The lowest BCUT2D eigenvalue weighted by atomic mass is 10.3. The molecule has 0 fully saturated rings. The average molecular weight is 339 g/mol. The summed E-state index contributed by atoms with van der Waals surface area (Å²) in [6.07, 6.45) is 0.531. The first-order valence-electron chi connectivity index (χ1n) is 5.55. The van der Waals surface area contributed by atoms with Crippen molar-refractivity contribution >= 4 is 48.0 Å². The van der Waals surface area contributed by atoms with Gasteiger partial charge in [0.2, 0.25) is 0 Å². The number of imidazole rings is 1. The van der Waals surface area contributed by atoms with E-state index >= 15 is 0 Å². The molecule has 20 heavy (non-hydrogen) atoms. The normalized spacial score (nSPS) is 10.4. The van der Waals surface area contributed by atoms with Gasteiger partial charge in [-0.1, -0.05) is 12.1 Å². The Labute approximate surface area is 126 Å². The van der Waals surface area contributed by atoms with Crippen LogP contribution in [0.1, 0.15) is 12.8 Å². The second-order valence-corrected chi connectivity index (χ2v) is 6.30. The van der Waals surface area contributed by atoms with Gasteiger partial charge >= 0.3 is 11.7 Å². The number of aliphatic carboxylic acids is 1. The first kappa shape index (κ1) is 16.9. The average Bonchev–Trinajstić information content (AvgIpc) is 2.65. The smallest absolute Gasteiger partial charge is 0.326 e. The van der Waals surface area contributed by atoms with E-state index in [1.165, 1.54) is 0 Å². The number of aromatic amines is 1. The molecule has 2 rings (SSSR count). The molecule has 0 aliphatic carbocycles. The van der Waals surface area contributed by atoms with Gasteiger partial charge in [-0.3, -0.25) is 9.36 Å². The number of hydrogen-bond donors (Lipinski definition) is 2. The molecule has 0 saturated heterocycles. The van der Waals surface area contributed by atoms with Crippen molar-refractivity contribution in [3.63, 3.8) is 0 Å². The van der Waals surface area contributed by atoms with Crippen LogP contribution < -0.4 is 5.69 Å². The SMILES string of the molecule is O=C(O)CCCn1c(=O)[nH]c2ccccc21.[O-][S+](Cl)Cl. The van der Waals surface area contributed by atoms with Gasteiger partial charge in [-0.25, -0.2) is 4.79 Å². The van der Waals surface area contributed by atoms with Crippen molar-refractivity contribution < 1.29 is 14.5 Å². The highest BCUT2D eigenvalue weighted by atomic mass is 36.0. The van der Waals surface area contributed by atoms with Gasteiger partial charge in [0.25, 0.3) is 0 Å². The first-order valence-corrected chi connectivity index (χ1v) is 8.35. The van der Waals surface area contributed by atoms with E-state index in [0.29, 0.717) is 13.0 Å². The number of nitrogens with one attached hydrogen (secondary N) is 1. The molecular weight excluding hydrogens is 327 g/mol. The van der Waals surface area contributed by atoms with Gasteiger partial charge in [0.1, 0.15) is 0 Å². The number of aryl methyl sites for hydroxylation is 1. The number of hydrogen-bond acceptors (Lipinski definition) is 3. The highest BCUT2D eigenvalue weighted by Crippen LogP contribution is 2.09. The molecule has 1 aromatic heterocycles. The summed E-state index contributed by atoms with van der Waals surface area (Å²) in [4.78, 5) is 24.7. The Kier molecular flexibility index (Phi) is 6.94. The Morgan fingerprint density at radius 2 is 2.00 bits per heavy atom. The molecule has 0 amide bonds. The fourth-order valence-corrected chi connectivity index (χ4v) is 1.72. The zero-order chi connectivity index (χ0) is 15.1. The van der Waals surface area contributed by atoms with Crippen molar-refractivity contribution in [3.8, 4) is 0 Å². The largest absolute Gasteiger partial charge is 0.582 e. The number of carboxylic acid groups (broad SMARTS) is 1. The molecule has 0 atom stereocenters. The van der Waals surface area contributed by atoms with E-state index in [0.717, 1.165) is 11.0 Å². The number of aromatic nitrogens is 2. The number of nitrogens with zero attached hydrogens (tertiary/aromatic N) is 1. The van der Waals surface area contributed by atoms with Gasteiger partial charge in [0.15, 0.2) is 31.0 Å². The Balaban J connectivity index is 0.000000444. The molecule has 0 spiro atoms. The summed E-state index contributed by atoms with van der Waals surface area (Å²) in [6, 6.07) is 7.36. The minimum atomic E-state index is -1.67. The fraction of sp³-hybridized carbons (Fsp3) is 0.273. The van der Waals surface area contributed by atoms with Gasteiger partial charge in [-0.2, -0.15) is 0 Å². The molecule has 110 valence electrons. The molecule has 0 aliphatic rings. The monoisotopic (exact) mass is 338 g/mol. The van der Waals surface area contributed by atoms with Crippen LogP contribution >= 0.6 is 21.4 Å². The molecule has 0 radical (unpaired) electrons. The summed E-state index contributed by atoms with van der Waals surface area (Å²) < 4.78 is 10.7. The van der Waals surface area contributed by atoms with Crippen LogP contribution in [-0.2, 0) is 20.9 Å². The number of fused-ring (bicyclic) bond motifs is 1. The lowest BCUT2D eigenvalue weighted by Crippen LogP contribution is -2.17. The molecule has 0 unspecified atom stereocenters. The predicted octanol–water partition coefficient (Wildman–Crippen LogP) is 2.24. The van der Waals surface area contributed by atoms with Crippen molar-refractivity contribution in [1.82, 2.24) is 9.55 Å². The number of benzene rings is 1. The molecule has 0 bridgehead atoms. The van der Waals surface area contributed by atoms with E-state index in [1.807, 2.05) is 24.3 Å². The van der Waals surface area contributed by atoms with Crippen molar-refractivity contribution in [1.29, 1.82) is 0 Å². The third-order valence-corrected chi connectivity index (χ3v) is 2.45. The van der Waals surface area contributed by atoms with Gasteiger partial charge in [-0.15, -0.1) is 0 Å². The van der Waals surface area contributed by atoms with Crippen LogP contribution in [0.4, 0.5) is 0 Å². The highest BCUT2D eigenvalue weighted by molar-refractivity contribution is 8.31. The summed E-state index contributed by atoms with van der Waals surface area (Å²) in [5.41, 5.74) is 1.41. The van der Waals surface area contributed by atoms with Crippen molar-refractivity contribution in [2.75, 3.05) is 0 Å². The second kappa shape index (κ2) is 8.21. The number of carbonyl (C=O) groups is 1. The Bertz CT molecular complexity index is 623. The zero-order valence-corrected chi connectivity index (χ0v) is 12.5. The molecule has 2 N–H and O–H groups in total. The van der Waals surface area contributed by atoms with E-state index in [2.05, 4.69) is 26.3 Å². The van der Waals surface area contributed by atoms with E-state index in [-0.39, 0.29) is 12.1 Å². The summed E-state index contributed by atoms with van der Waals surface area (Å²) in [5.74, 6) is -0.840. The van der Waals surface area contributed by atoms with Gasteiger partial charge in [-0.05, 0) is 18.6 Å². The first-order chi connectivity index (χ1) is 9.41. The van der Waals surface area contributed by atoms with Crippen LogP contribution in [0.2, 0.25) is 0 Å². The summed E-state index contributed by atoms with van der Waals surface area (Å²) in [5, 5.41) is 8.53. The van der Waals surface area contributed by atoms with Gasteiger partial charge < -0.3 is 14.6 Å². The van der Waals surface area contributed by atoms with Gasteiger partial charge in [0.05, 0.1) is 11.0 Å². The summed E-state index contributed by atoms with van der Waals surface area (Å²) in [7, 11) is 7.36. The molecule has 2 aromatic rings. The zero-order valence-electron chi connectivity index (χ0n) is 10.2. The number of rotatable bonds is 4. The van der Waals surface area contributed by atoms with Crippen LogP contribution in [0.15, 0.2) is 29.1 Å². The molecule has 0 aliphatic heterocycles. The lowest BCUT2D eigenvalue weighted by molar-refractivity contribution is -0.137. The van der Waals surface area contributed by atoms with Crippen molar-refractivity contribution in [2.24, 2.45) is 0 Å². The molecule has 9 heteroatoms. The summed E-state index contributed by atoms with van der Waals surface area (Å²) >= 11 is 0. The van der Waals surface area contributed by atoms with Crippen LogP contribution in [0, 0.1) is 0 Å². The molecule has 1 aromatic carbocycles. The molecule has 0 saturated carbocycles. The quantitative estimate of drug-likeness (QED) is 0.835. The Morgan fingerprint density at radius 3 is 2.60 bits per heavy atom. The van der Waals surface area contributed by atoms with Crippen LogP contribution in [0.5, 0.6) is 0 Å². The third-order valence-electron chi connectivity index (χ3n) is 2.45. The standard InChI is InChI=1S/C11H12N2O3.Cl2OS/c14-10(15)6-3-7-13-9-5-2-1-4-8(9)12-11(13)16;1-4(2)3/h1-2,4-5H,3,6-7H2,(H,12,16)(H,14,15);. The molecular formula is C11H12Cl2N2O4S. The number of H-pyrrole nitrogens is 1. The number of carboxylic acids is 1. The highest BCUT2D eigenvalue weighted by Gasteiger charge is 2.05. The third kappa shape index (κ3) is 5.46. The topological polar surface area (TPSA) is 98.2 Å². The second-order valence-electron chi connectivity index (χ2n) is 3.78. The number of halogens is 2. The lowest BCUT2D eigenvalue weighted by Gasteiger charge is -2.00. The van der Waals surface area contributed by atoms with Crippen LogP contribution in [0.3, 0.4) is 0 Å². The van der Waals surface area contributed by atoms with E-state index in [1.54, 1.807) is 4.57 Å². The number of para-hydroxylation sites is 2. The maximum Gasteiger partial charge on any atom is 0.326 e. The summed E-state index contributed by atoms with van der Waals surface area (Å²) in [6.45, 7) is 0.426. The Morgan fingerprint density at radius 1 is 1.40 bits per heavy atom.